The molecule has 1 aliphatic rings. The Balaban J connectivity index is 2.34. The molecule has 92 valence electrons. The molecule has 0 radical (unpaired) electrons. The smallest absolute Gasteiger partial charge is 0.312 e. The third-order valence-electron chi connectivity index (χ3n) is 3.02. The van der Waals surface area contributed by atoms with Crippen LogP contribution in [-0.2, 0) is 0 Å². The topological polar surface area (TPSA) is 35.8 Å². The van der Waals surface area contributed by atoms with E-state index in [1.54, 1.807) is 0 Å². The second-order valence-corrected chi connectivity index (χ2v) is 4.32. The molecule has 0 aliphatic heterocycles. The van der Waals surface area contributed by atoms with Gasteiger partial charge < -0.3 is 5.32 Å². The largest absolute Gasteiger partial charge is 0.405 e. The Morgan fingerprint density at radius 1 is 1.19 bits per heavy atom. The molecule has 0 amide bonds. The number of hydrogen-bond donors (Lipinski definition) is 1. The molecule has 0 spiro atoms. The fourth-order valence-corrected chi connectivity index (χ4v) is 2.00. The Kier molecular flexibility index (Phi) is 5.07. The standard InChI is InChI=1S/C11H17F3N2/c12-11(13,14)9(7-15)8-16-10-5-3-1-2-4-6-10/h9-10,16H,1-6,8H2. The zero-order valence-corrected chi connectivity index (χ0v) is 9.19. The zero-order chi connectivity index (χ0) is 12.0. The van der Waals surface area contributed by atoms with Crippen LogP contribution in [0.15, 0.2) is 0 Å². The Hall–Kier alpha value is -0.760. The fourth-order valence-electron chi connectivity index (χ4n) is 2.00. The van der Waals surface area contributed by atoms with Gasteiger partial charge >= 0.3 is 6.18 Å². The van der Waals surface area contributed by atoms with E-state index >= 15 is 0 Å². The summed E-state index contributed by atoms with van der Waals surface area (Å²) in [7, 11) is 0. The van der Waals surface area contributed by atoms with Gasteiger partial charge in [-0.3, -0.25) is 0 Å². The number of rotatable bonds is 3. The predicted molar refractivity (Wildman–Crippen MR) is 54.7 cm³/mol. The molecule has 0 aromatic heterocycles. The Labute approximate surface area is 93.8 Å². The van der Waals surface area contributed by atoms with Crippen LogP contribution in [0.2, 0.25) is 0 Å². The van der Waals surface area contributed by atoms with E-state index in [0.29, 0.717) is 0 Å². The Morgan fingerprint density at radius 3 is 2.19 bits per heavy atom. The Morgan fingerprint density at radius 2 is 1.75 bits per heavy atom. The summed E-state index contributed by atoms with van der Waals surface area (Å²) >= 11 is 0. The van der Waals surface area contributed by atoms with Crippen LogP contribution >= 0.6 is 0 Å². The molecule has 0 aromatic carbocycles. The monoisotopic (exact) mass is 234 g/mol. The maximum atomic E-state index is 12.3. The van der Waals surface area contributed by atoms with E-state index in [-0.39, 0.29) is 12.6 Å². The quantitative estimate of drug-likeness (QED) is 0.762. The first-order chi connectivity index (χ1) is 7.54. The Bertz CT molecular complexity index is 237. The summed E-state index contributed by atoms with van der Waals surface area (Å²) in [5.41, 5.74) is 0. The molecule has 0 aromatic rings. The molecule has 16 heavy (non-hydrogen) atoms. The molecular formula is C11H17F3N2. The summed E-state index contributed by atoms with van der Waals surface area (Å²) in [5.74, 6) is -1.88. The van der Waals surface area contributed by atoms with Crippen LogP contribution in [0, 0.1) is 17.2 Å². The first-order valence-electron chi connectivity index (χ1n) is 5.73. The van der Waals surface area contributed by atoms with Crippen LogP contribution in [-0.4, -0.2) is 18.8 Å². The third-order valence-corrected chi connectivity index (χ3v) is 3.02. The number of nitriles is 1. The van der Waals surface area contributed by atoms with Gasteiger partial charge in [0.15, 0.2) is 5.92 Å². The van der Waals surface area contributed by atoms with Crippen LogP contribution in [0.1, 0.15) is 38.5 Å². The van der Waals surface area contributed by atoms with Crippen molar-refractivity contribution in [2.75, 3.05) is 6.54 Å². The van der Waals surface area contributed by atoms with Gasteiger partial charge in [0.25, 0.3) is 0 Å². The third kappa shape index (κ3) is 4.40. The van der Waals surface area contributed by atoms with E-state index in [2.05, 4.69) is 5.32 Å². The van der Waals surface area contributed by atoms with Crippen LogP contribution in [0.5, 0.6) is 0 Å². The maximum absolute atomic E-state index is 12.3. The van der Waals surface area contributed by atoms with Gasteiger partial charge in [-0.05, 0) is 12.8 Å². The first kappa shape index (κ1) is 13.3. The molecule has 1 rings (SSSR count). The minimum absolute atomic E-state index is 0.153. The van der Waals surface area contributed by atoms with E-state index in [1.165, 1.54) is 18.9 Å². The van der Waals surface area contributed by atoms with Crippen LogP contribution < -0.4 is 5.32 Å². The maximum Gasteiger partial charge on any atom is 0.405 e. The van der Waals surface area contributed by atoms with Crippen molar-refractivity contribution in [3.8, 4) is 6.07 Å². The lowest BCUT2D eigenvalue weighted by atomic mass is 10.1. The van der Waals surface area contributed by atoms with Gasteiger partial charge in [-0.2, -0.15) is 18.4 Å². The van der Waals surface area contributed by atoms with Gasteiger partial charge in [-0.1, -0.05) is 25.7 Å². The summed E-state index contributed by atoms with van der Waals surface area (Å²) in [6, 6.07) is 1.46. The highest BCUT2D eigenvalue weighted by molar-refractivity contribution is 4.90. The van der Waals surface area contributed by atoms with E-state index in [1.807, 2.05) is 0 Å². The van der Waals surface area contributed by atoms with Gasteiger partial charge in [0, 0.05) is 12.6 Å². The van der Waals surface area contributed by atoms with E-state index in [9.17, 15) is 13.2 Å². The van der Waals surface area contributed by atoms with Gasteiger partial charge in [0.05, 0.1) is 6.07 Å². The molecule has 1 saturated carbocycles. The van der Waals surface area contributed by atoms with Crippen molar-refractivity contribution in [3.05, 3.63) is 0 Å². The minimum atomic E-state index is -4.41. The van der Waals surface area contributed by atoms with Gasteiger partial charge in [0.1, 0.15) is 0 Å². The number of alkyl halides is 3. The molecular weight excluding hydrogens is 217 g/mol. The summed E-state index contributed by atoms with van der Waals surface area (Å²) in [5, 5.41) is 11.3. The van der Waals surface area contributed by atoms with Crippen LogP contribution in [0.25, 0.3) is 0 Å². The van der Waals surface area contributed by atoms with Crippen molar-refractivity contribution in [2.45, 2.75) is 50.7 Å². The van der Waals surface area contributed by atoms with Crippen molar-refractivity contribution < 1.29 is 13.2 Å². The normalized spacial score (nSPS) is 21.1. The zero-order valence-electron chi connectivity index (χ0n) is 9.19. The summed E-state index contributed by atoms with van der Waals surface area (Å²) in [4.78, 5) is 0. The molecule has 1 atom stereocenters. The second kappa shape index (κ2) is 6.09. The summed E-state index contributed by atoms with van der Waals surface area (Å²) < 4.78 is 36.9. The van der Waals surface area contributed by atoms with Crippen molar-refractivity contribution in [3.63, 3.8) is 0 Å². The van der Waals surface area contributed by atoms with Gasteiger partial charge in [-0.25, -0.2) is 0 Å². The average Bonchev–Trinajstić information content (AvgIpc) is 2.45. The lowest BCUT2D eigenvalue weighted by Gasteiger charge is -2.19. The molecule has 0 heterocycles. The van der Waals surface area contributed by atoms with Crippen molar-refractivity contribution in [2.24, 2.45) is 5.92 Å². The molecule has 5 heteroatoms. The molecule has 1 unspecified atom stereocenters. The molecule has 1 fully saturated rings. The molecule has 1 aliphatic carbocycles. The molecule has 0 bridgehead atoms. The number of hydrogen-bond acceptors (Lipinski definition) is 2. The van der Waals surface area contributed by atoms with Crippen LogP contribution in [0.3, 0.4) is 0 Å². The molecule has 1 N–H and O–H groups in total. The number of nitrogens with zero attached hydrogens (tertiary/aromatic N) is 1. The highest BCUT2D eigenvalue weighted by atomic mass is 19.4. The first-order valence-corrected chi connectivity index (χ1v) is 5.73. The lowest BCUT2D eigenvalue weighted by molar-refractivity contribution is -0.158. The average molecular weight is 234 g/mol. The van der Waals surface area contributed by atoms with E-state index in [4.69, 9.17) is 5.26 Å². The van der Waals surface area contributed by atoms with Gasteiger partial charge in [-0.15, -0.1) is 0 Å². The van der Waals surface area contributed by atoms with E-state index < -0.39 is 12.1 Å². The van der Waals surface area contributed by atoms with Gasteiger partial charge in [0.2, 0.25) is 0 Å². The highest BCUT2D eigenvalue weighted by Crippen LogP contribution is 2.25. The van der Waals surface area contributed by atoms with Crippen LogP contribution in [0.4, 0.5) is 13.2 Å². The van der Waals surface area contributed by atoms with E-state index in [0.717, 1.165) is 25.7 Å². The van der Waals surface area contributed by atoms with Crippen molar-refractivity contribution in [1.82, 2.24) is 5.32 Å². The van der Waals surface area contributed by atoms with Crippen molar-refractivity contribution in [1.29, 1.82) is 5.26 Å². The fraction of sp³-hybridized carbons (Fsp3) is 0.909. The van der Waals surface area contributed by atoms with Crippen molar-refractivity contribution >= 4 is 0 Å². The second-order valence-electron chi connectivity index (χ2n) is 4.32. The number of halogens is 3. The molecule has 0 saturated heterocycles. The molecule has 2 nitrogen and oxygen atoms in total. The summed E-state index contributed by atoms with van der Waals surface area (Å²) in [6.07, 6.45) is 1.92. The summed E-state index contributed by atoms with van der Waals surface area (Å²) in [6.45, 7) is -0.273. The lowest BCUT2D eigenvalue weighted by Crippen LogP contribution is -2.38. The highest BCUT2D eigenvalue weighted by Gasteiger charge is 2.39. The minimum Gasteiger partial charge on any atom is -0.312 e. The predicted octanol–water partition coefficient (Wildman–Crippen LogP) is 3.00. The number of nitrogens with one attached hydrogen (secondary N) is 1. The SMILES string of the molecule is N#CC(CNC1CCCCCC1)C(F)(F)F.